The standard InChI is InChI=1S/C17H21NO6/c1-18(12-8-22-9-15(21-2)17(12)20)16(19)6-4-11-3-5-13-14(7-11)24-10-23-13/h3-7,12,15,17,20H,8-10H2,1-2H3/b6-4+/t12-,15-,17+/m1/s1. The topological polar surface area (TPSA) is 77.5 Å². The zero-order valence-corrected chi connectivity index (χ0v) is 13.7. The van der Waals surface area contributed by atoms with E-state index in [4.69, 9.17) is 18.9 Å². The molecule has 2 heterocycles. The van der Waals surface area contributed by atoms with Crippen molar-refractivity contribution in [2.45, 2.75) is 18.2 Å². The number of rotatable bonds is 4. The quantitative estimate of drug-likeness (QED) is 0.815. The highest BCUT2D eigenvalue weighted by Crippen LogP contribution is 2.32. The number of nitrogens with zero attached hydrogens (tertiary/aromatic N) is 1. The number of hydrogen-bond donors (Lipinski definition) is 1. The average Bonchev–Trinajstić information content (AvgIpc) is 3.07. The molecule has 130 valence electrons. The van der Waals surface area contributed by atoms with Crippen molar-refractivity contribution in [1.29, 1.82) is 0 Å². The van der Waals surface area contributed by atoms with Crippen LogP contribution in [0, 0.1) is 0 Å². The lowest BCUT2D eigenvalue weighted by Gasteiger charge is -2.38. The first-order chi connectivity index (χ1) is 11.6. The molecule has 3 rings (SSSR count). The highest BCUT2D eigenvalue weighted by Gasteiger charge is 2.36. The summed E-state index contributed by atoms with van der Waals surface area (Å²) in [5, 5.41) is 10.3. The van der Waals surface area contributed by atoms with Gasteiger partial charge in [0.2, 0.25) is 12.7 Å². The minimum atomic E-state index is -0.781. The maximum absolute atomic E-state index is 12.4. The monoisotopic (exact) mass is 335 g/mol. The summed E-state index contributed by atoms with van der Waals surface area (Å²) in [6.45, 7) is 0.814. The van der Waals surface area contributed by atoms with Crippen molar-refractivity contribution in [3.05, 3.63) is 29.8 Å². The number of hydrogen-bond acceptors (Lipinski definition) is 6. The first-order valence-corrected chi connectivity index (χ1v) is 7.73. The first-order valence-electron chi connectivity index (χ1n) is 7.73. The molecule has 1 aromatic carbocycles. The molecular formula is C17H21NO6. The lowest BCUT2D eigenvalue weighted by molar-refractivity contribution is -0.154. The summed E-state index contributed by atoms with van der Waals surface area (Å²) in [4.78, 5) is 13.8. The molecule has 0 radical (unpaired) electrons. The molecule has 7 nitrogen and oxygen atoms in total. The summed E-state index contributed by atoms with van der Waals surface area (Å²) in [6, 6.07) is 5.01. The number of benzene rings is 1. The van der Waals surface area contributed by atoms with Gasteiger partial charge < -0.3 is 29.0 Å². The number of aliphatic hydroxyl groups is 1. The Morgan fingerprint density at radius 1 is 1.33 bits per heavy atom. The van der Waals surface area contributed by atoms with Crippen molar-refractivity contribution < 1.29 is 28.8 Å². The molecule has 1 N–H and O–H groups in total. The fraction of sp³-hybridized carbons (Fsp3) is 0.471. The maximum atomic E-state index is 12.4. The van der Waals surface area contributed by atoms with Crippen LogP contribution in [0.25, 0.3) is 6.08 Å². The summed E-state index contributed by atoms with van der Waals surface area (Å²) in [6.07, 6.45) is 1.94. The Kier molecular flexibility index (Phi) is 5.03. The van der Waals surface area contributed by atoms with Gasteiger partial charge >= 0.3 is 0 Å². The van der Waals surface area contributed by atoms with Crippen LogP contribution in [0.15, 0.2) is 24.3 Å². The molecular weight excluding hydrogens is 314 g/mol. The maximum Gasteiger partial charge on any atom is 0.246 e. The fourth-order valence-corrected chi connectivity index (χ4v) is 2.76. The van der Waals surface area contributed by atoms with Crippen LogP contribution in [-0.2, 0) is 14.3 Å². The fourth-order valence-electron chi connectivity index (χ4n) is 2.76. The number of ether oxygens (including phenoxy) is 4. The van der Waals surface area contributed by atoms with Crippen LogP contribution in [0.5, 0.6) is 11.5 Å². The smallest absolute Gasteiger partial charge is 0.246 e. The van der Waals surface area contributed by atoms with Crippen molar-refractivity contribution in [2.24, 2.45) is 0 Å². The molecule has 0 aromatic heterocycles. The highest BCUT2D eigenvalue weighted by atomic mass is 16.7. The molecule has 1 fully saturated rings. The van der Waals surface area contributed by atoms with Gasteiger partial charge in [0, 0.05) is 20.2 Å². The van der Waals surface area contributed by atoms with Gasteiger partial charge in [0.15, 0.2) is 11.5 Å². The molecule has 0 saturated carbocycles. The van der Waals surface area contributed by atoms with E-state index in [2.05, 4.69) is 0 Å². The van der Waals surface area contributed by atoms with Crippen LogP contribution in [0.1, 0.15) is 5.56 Å². The predicted molar refractivity (Wildman–Crippen MR) is 85.8 cm³/mol. The van der Waals surface area contributed by atoms with Crippen molar-refractivity contribution in [1.82, 2.24) is 4.90 Å². The van der Waals surface area contributed by atoms with E-state index in [1.165, 1.54) is 18.1 Å². The second-order valence-electron chi connectivity index (χ2n) is 5.76. The zero-order valence-electron chi connectivity index (χ0n) is 13.7. The summed E-state index contributed by atoms with van der Waals surface area (Å²) < 4.78 is 21.2. The second-order valence-corrected chi connectivity index (χ2v) is 5.76. The van der Waals surface area contributed by atoms with E-state index >= 15 is 0 Å². The van der Waals surface area contributed by atoms with Gasteiger partial charge in [-0.15, -0.1) is 0 Å². The van der Waals surface area contributed by atoms with E-state index < -0.39 is 18.2 Å². The minimum absolute atomic E-state index is 0.213. The lowest BCUT2D eigenvalue weighted by atomic mass is 10.0. The van der Waals surface area contributed by atoms with Gasteiger partial charge in [-0.2, -0.15) is 0 Å². The molecule has 1 amide bonds. The molecule has 2 aliphatic heterocycles. The molecule has 1 aromatic rings. The summed E-state index contributed by atoms with van der Waals surface area (Å²) in [5.74, 6) is 1.14. The SMILES string of the molecule is CO[C@@H]1COC[C@@H](N(C)C(=O)/C=C/c2ccc3c(c2)OCO3)[C@@H]1O. The predicted octanol–water partition coefficient (Wildman–Crippen LogP) is 0.662. The molecule has 3 atom stereocenters. The molecule has 0 unspecified atom stereocenters. The first kappa shape index (κ1) is 16.8. The number of carbonyl (C=O) groups is 1. The van der Waals surface area contributed by atoms with Crippen LogP contribution < -0.4 is 9.47 Å². The lowest BCUT2D eigenvalue weighted by Crippen LogP contribution is -2.56. The van der Waals surface area contributed by atoms with Gasteiger partial charge in [0.05, 0.1) is 19.3 Å². The van der Waals surface area contributed by atoms with E-state index in [9.17, 15) is 9.90 Å². The number of carbonyl (C=O) groups excluding carboxylic acids is 1. The molecule has 0 aliphatic carbocycles. The Labute approximate surface area is 140 Å². The van der Waals surface area contributed by atoms with Gasteiger partial charge in [-0.05, 0) is 23.8 Å². The number of amides is 1. The Morgan fingerprint density at radius 3 is 2.92 bits per heavy atom. The van der Waals surface area contributed by atoms with Gasteiger partial charge in [-0.1, -0.05) is 6.07 Å². The van der Waals surface area contributed by atoms with Crippen molar-refractivity contribution in [3.8, 4) is 11.5 Å². The summed E-state index contributed by atoms with van der Waals surface area (Å²) in [7, 11) is 3.16. The van der Waals surface area contributed by atoms with E-state index in [0.29, 0.717) is 18.1 Å². The number of aliphatic hydroxyl groups excluding tert-OH is 1. The van der Waals surface area contributed by atoms with Gasteiger partial charge in [0.25, 0.3) is 0 Å². The average molecular weight is 335 g/mol. The Bertz CT molecular complexity index is 632. The van der Waals surface area contributed by atoms with E-state index in [-0.39, 0.29) is 19.3 Å². The molecule has 1 saturated heterocycles. The Morgan fingerprint density at radius 2 is 2.12 bits per heavy atom. The number of fused-ring (bicyclic) bond motifs is 1. The van der Waals surface area contributed by atoms with E-state index in [1.807, 2.05) is 12.1 Å². The summed E-state index contributed by atoms with van der Waals surface area (Å²) in [5.41, 5.74) is 0.830. The third kappa shape index (κ3) is 3.38. The highest BCUT2D eigenvalue weighted by molar-refractivity contribution is 5.92. The molecule has 7 heteroatoms. The second kappa shape index (κ2) is 7.21. The normalized spacial score (nSPS) is 25.9. The van der Waals surface area contributed by atoms with Crippen LogP contribution >= 0.6 is 0 Å². The van der Waals surface area contributed by atoms with Gasteiger partial charge in [-0.25, -0.2) is 0 Å². The Hall–Kier alpha value is -2.09. The molecule has 2 aliphatic rings. The van der Waals surface area contributed by atoms with Crippen LogP contribution in [0.2, 0.25) is 0 Å². The number of likely N-dealkylation sites (N-methyl/N-ethyl adjacent to an activating group) is 1. The third-order valence-electron chi connectivity index (χ3n) is 4.31. The number of methoxy groups -OCH3 is 1. The largest absolute Gasteiger partial charge is 0.454 e. The van der Waals surface area contributed by atoms with E-state index in [1.54, 1.807) is 19.2 Å². The summed E-state index contributed by atoms with van der Waals surface area (Å²) >= 11 is 0. The zero-order chi connectivity index (χ0) is 17.1. The van der Waals surface area contributed by atoms with Gasteiger partial charge in [0.1, 0.15) is 12.2 Å². The van der Waals surface area contributed by atoms with Crippen molar-refractivity contribution >= 4 is 12.0 Å². The van der Waals surface area contributed by atoms with Crippen molar-refractivity contribution in [2.75, 3.05) is 34.2 Å². The minimum Gasteiger partial charge on any atom is -0.454 e. The van der Waals surface area contributed by atoms with Crippen LogP contribution in [-0.4, -0.2) is 68.3 Å². The molecule has 0 spiro atoms. The third-order valence-corrected chi connectivity index (χ3v) is 4.31. The van der Waals surface area contributed by atoms with Crippen LogP contribution in [0.3, 0.4) is 0 Å². The van der Waals surface area contributed by atoms with Crippen molar-refractivity contribution in [3.63, 3.8) is 0 Å². The molecule has 24 heavy (non-hydrogen) atoms. The Balaban J connectivity index is 1.65. The van der Waals surface area contributed by atoms with E-state index in [0.717, 1.165) is 5.56 Å². The molecule has 0 bridgehead atoms. The van der Waals surface area contributed by atoms with Crippen LogP contribution in [0.4, 0.5) is 0 Å². The van der Waals surface area contributed by atoms with Gasteiger partial charge in [-0.3, -0.25) is 4.79 Å².